The van der Waals surface area contributed by atoms with Gasteiger partial charge in [-0.1, -0.05) is 77.6 Å². The third-order valence-electron chi connectivity index (χ3n) is 6.33. The topological polar surface area (TPSA) is 65.2 Å². The predicted octanol–water partition coefficient (Wildman–Crippen LogP) is 4.85. The Morgan fingerprint density at radius 3 is 1.36 bits per heavy atom. The number of hydrogen-bond donors (Lipinski definition) is 2. The van der Waals surface area contributed by atoms with Crippen molar-refractivity contribution in [2.24, 2.45) is 9.98 Å². The molecule has 2 aromatic rings. The number of benzene rings is 2. The van der Waals surface area contributed by atoms with Gasteiger partial charge in [0.1, 0.15) is 11.5 Å². The Bertz CT molecular complexity index is 1020. The summed E-state index contributed by atoms with van der Waals surface area (Å²) >= 11 is 12.7. The molecule has 0 radical (unpaired) electrons. The van der Waals surface area contributed by atoms with E-state index in [1.807, 2.05) is 53.7 Å². The fourth-order valence-electron chi connectivity index (χ4n) is 4.37. The van der Waals surface area contributed by atoms with Crippen LogP contribution in [-0.2, 0) is 28.2 Å². The molecule has 0 bridgehead atoms. The van der Waals surface area contributed by atoms with Crippen LogP contribution in [0.15, 0.2) is 34.3 Å². The van der Waals surface area contributed by atoms with E-state index in [0.29, 0.717) is 21.2 Å². The van der Waals surface area contributed by atoms with Gasteiger partial charge in [-0.2, -0.15) is 0 Å². The third-order valence-corrected chi connectivity index (χ3v) is 6.76. The van der Waals surface area contributed by atoms with E-state index in [-0.39, 0.29) is 68.8 Å². The molecule has 0 aromatic heterocycles. The van der Waals surface area contributed by atoms with Gasteiger partial charge in [0.15, 0.2) is 0 Å². The number of halogens is 3. The van der Waals surface area contributed by atoms with Crippen molar-refractivity contribution in [1.29, 1.82) is 0 Å². The van der Waals surface area contributed by atoms with Crippen LogP contribution in [0.3, 0.4) is 0 Å². The molecule has 36 heavy (non-hydrogen) atoms. The van der Waals surface area contributed by atoms with Crippen LogP contribution in [0.25, 0.3) is 0 Å². The van der Waals surface area contributed by atoms with Gasteiger partial charge in [0.05, 0.1) is 12.1 Å². The average Bonchev–Trinajstić information content (AvgIpc) is 2.73. The summed E-state index contributed by atoms with van der Waals surface area (Å²) in [5.41, 5.74) is 2.36. The zero-order valence-corrected chi connectivity index (χ0v) is 26.2. The summed E-state index contributed by atoms with van der Waals surface area (Å²) in [4.78, 5) is 9.65. The Hall–Kier alpha value is -1.03. The van der Waals surface area contributed by atoms with Gasteiger partial charge >= 0.3 is 0 Å². The van der Waals surface area contributed by atoms with Gasteiger partial charge in [-0.25, -0.2) is 0 Å². The number of phenols is 2. The predicted molar refractivity (Wildman–Crippen MR) is 145 cm³/mol. The van der Waals surface area contributed by atoms with Crippen LogP contribution in [0.1, 0.15) is 89.5 Å². The van der Waals surface area contributed by atoms with Crippen molar-refractivity contribution in [1.82, 2.24) is 0 Å². The van der Waals surface area contributed by atoms with Gasteiger partial charge in [0, 0.05) is 62.1 Å². The Kier molecular flexibility index (Phi) is 12.1. The summed E-state index contributed by atoms with van der Waals surface area (Å²) in [7, 11) is 0. The molecule has 2 N–H and O–H groups in total. The maximum absolute atomic E-state index is 10.8. The second kappa shape index (κ2) is 13.2. The molecule has 1 saturated carbocycles. The van der Waals surface area contributed by atoms with E-state index in [9.17, 15) is 10.2 Å². The number of nitrogens with zero attached hydrogens (tertiary/aromatic N) is 2. The first kappa shape index (κ1) is 33.0. The molecule has 0 aliphatic heterocycles. The maximum Gasteiger partial charge on any atom is 0.128 e. The largest absolute Gasteiger partial charge is 1.00 e. The second-order valence-corrected chi connectivity index (χ2v) is 12.1. The van der Waals surface area contributed by atoms with Crippen molar-refractivity contribution >= 4 is 35.6 Å². The molecule has 2 atom stereocenters. The molecule has 0 heterocycles. The minimum atomic E-state index is -0.236. The summed E-state index contributed by atoms with van der Waals surface area (Å²) in [6, 6.07) is 7.09. The first-order chi connectivity index (χ1) is 15.8. The smallest absolute Gasteiger partial charge is 0.128 e. The fourth-order valence-corrected chi connectivity index (χ4v) is 4.83. The maximum atomic E-state index is 10.8. The van der Waals surface area contributed by atoms with Crippen molar-refractivity contribution in [3.05, 3.63) is 56.6 Å². The molecule has 1 aliphatic carbocycles. The monoisotopic (exact) mass is 633 g/mol. The molecule has 198 valence electrons. The number of rotatable bonds is 4. The van der Waals surface area contributed by atoms with E-state index < -0.39 is 0 Å². The van der Waals surface area contributed by atoms with Gasteiger partial charge in [-0.3, -0.25) is 9.98 Å². The van der Waals surface area contributed by atoms with Crippen molar-refractivity contribution in [2.75, 3.05) is 0 Å². The van der Waals surface area contributed by atoms with Crippen molar-refractivity contribution in [3.8, 4) is 11.5 Å². The molecule has 1 fully saturated rings. The minimum Gasteiger partial charge on any atom is -1.00 e. The Labute approximate surface area is 247 Å². The SMILES string of the molecule is CC(C)(C)c1cc(Cl)cc(C=N[C@@H]2CCCC[C@H]2N=Cc2cc(Cl)cc(C(C)(C)C)c2O)c1O.[Br-].[Cr]. The van der Waals surface area contributed by atoms with E-state index in [1.54, 1.807) is 24.6 Å². The minimum absolute atomic E-state index is 0. The van der Waals surface area contributed by atoms with Gasteiger partial charge in [0.25, 0.3) is 0 Å². The van der Waals surface area contributed by atoms with Crippen LogP contribution in [0.2, 0.25) is 10.0 Å². The standard InChI is InChI=1S/C28H36Cl2N2O2.BrH.Cr/c1-27(2,3)21-13-19(29)11-17(25(21)33)15-31-23-9-7-8-10-24(23)32-16-18-12-20(30)14-22(26(18)34)28(4,5)6;;/h11-16,23-24,33-34H,7-10H2,1-6H3;1H;/p-1/t23-,24-;;/m1../s1. The average molecular weight is 635 g/mol. The molecule has 8 heteroatoms. The van der Waals surface area contributed by atoms with Crippen molar-refractivity contribution in [2.45, 2.75) is 90.1 Å². The van der Waals surface area contributed by atoms with E-state index in [1.165, 1.54) is 0 Å². The van der Waals surface area contributed by atoms with Gasteiger partial charge in [-0.05, 0) is 47.9 Å². The molecule has 4 nitrogen and oxygen atoms in total. The normalized spacial score (nSPS) is 18.8. The molecule has 0 amide bonds. The van der Waals surface area contributed by atoms with Crippen LogP contribution in [0.5, 0.6) is 11.5 Å². The zero-order chi connectivity index (χ0) is 25.3. The third kappa shape index (κ3) is 8.24. The van der Waals surface area contributed by atoms with E-state index >= 15 is 0 Å². The molecule has 2 aromatic carbocycles. The van der Waals surface area contributed by atoms with Crippen LogP contribution >= 0.6 is 23.2 Å². The van der Waals surface area contributed by atoms with Crippen LogP contribution in [0.4, 0.5) is 0 Å². The summed E-state index contributed by atoms with van der Waals surface area (Å²) in [6.07, 6.45) is 7.45. The van der Waals surface area contributed by atoms with E-state index in [2.05, 4.69) is 0 Å². The Balaban J connectivity index is 0.00000324. The molecule has 0 saturated heterocycles. The molecular formula is C28H36BrCl2CrN2O2-. The molecule has 1 aliphatic rings. The van der Waals surface area contributed by atoms with Crippen molar-refractivity contribution < 1.29 is 44.6 Å². The van der Waals surface area contributed by atoms with Crippen LogP contribution < -0.4 is 17.0 Å². The Morgan fingerprint density at radius 2 is 1.06 bits per heavy atom. The summed E-state index contributed by atoms with van der Waals surface area (Å²) < 4.78 is 0. The number of phenolic OH excluding ortho intramolecular Hbond substituents is 2. The molecular weight excluding hydrogens is 599 g/mol. The molecule has 0 unspecified atom stereocenters. The van der Waals surface area contributed by atoms with Crippen LogP contribution in [-0.4, -0.2) is 34.7 Å². The number of aliphatic imine (C=N–C) groups is 2. The first-order valence-corrected chi connectivity index (χ1v) is 12.7. The van der Waals surface area contributed by atoms with Crippen molar-refractivity contribution in [3.63, 3.8) is 0 Å². The zero-order valence-electron chi connectivity index (χ0n) is 21.8. The summed E-state index contributed by atoms with van der Waals surface area (Å²) in [6.45, 7) is 12.3. The second-order valence-electron chi connectivity index (χ2n) is 11.3. The molecule has 3 rings (SSSR count). The Morgan fingerprint density at radius 1 is 0.722 bits per heavy atom. The summed E-state index contributed by atoms with van der Waals surface area (Å²) in [5, 5.41) is 22.8. The molecule has 0 spiro atoms. The quantitative estimate of drug-likeness (QED) is 0.473. The fraction of sp³-hybridized carbons (Fsp3) is 0.500. The number of aromatic hydroxyl groups is 2. The first-order valence-electron chi connectivity index (χ1n) is 11.9. The van der Waals surface area contributed by atoms with E-state index in [0.717, 1.165) is 36.8 Å². The van der Waals surface area contributed by atoms with Gasteiger partial charge in [0.2, 0.25) is 0 Å². The summed E-state index contributed by atoms with van der Waals surface area (Å²) in [5.74, 6) is 0.435. The van der Waals surface area contributed by atoms with Crippen LogP contribution in [0, 0.1) is 0 Å². The van der Waals surface area contributed by atoms with E-state index in [4.69, 9.17) is 33.2 Å². The number of hydrogen-bond acceptors (Lipinski definition) is 4. The van der Waals surface area contributed by atoms with Gasteiger partial charge < -0.3 is 27.2 Å². The van der Waals surface area contributed by atoms with Gasteiger partial charge in [-0.15, -0.1) is 0 Å².